The smallest absolute Gasteiger partial charge is 0.458 e. The van der Waals surface area contributed by atoms with Gasteiger partial charge in [0.25, 0.3) is 0 Å². The third-order valence-corrected chi connectivity index (χ3v) is 3.87. The van der Waals surface area contributed by atoms with Crippen LogP contribution in [0.4, 0.5) is 45.2 Å². The minimum Gasteiger partial charge on any atom is -0.458 e. The minimum absolute atomic E-state index is 0.000160. The zero-order valence-corrected chi connectivity index (χ0v) is 16.0. The number of halogens is 9. The van der Waals surface area contributed by atoms with Crippen molar-refractivity contribution in [2.75, 3.05) is 25.1 Å². The molecule has 2 N–H and O–H groups in total. The average molecular weight is 499 g/mol. The molecule has 1 aromatic rings. The SMILES string of the molecule is O=C(Nc1ccc(CC(CO)(COC(=O)C(F)(F)F)COC(=O)C(F)(F)F)cc1)C(F)(F)F. The van der Waals surface area contributed by atoms with Crippen LogP contribution >= 0.6 is 0 Å². The molecule has 0 spiro atoms. The van der Waals surface area contributed by atoms with E-state index in [0.29, 0.717) is 0 Å². The number of rotatable bonds is 8. The van der Waals surface area contributed by atoms with E-state index in [9.17, 15) is 59.0 Å². The molecule has 0 saturated carbocycles. The van der Waals surface area contributed by atoms with E-state index in [1.165, 1.54) is 5.32 Å². The molecule has 0 saturated heterocycles. The fraction of sp³-hybridized carbons (Fsp3) is 0.471. The summed E-state index contributed by atoms with van der Waals surface area (Å²) in [5.74, 6) is -7.77. The second kappa shape index (κ2) is 10.3. The van der Waals surface area contributed by atoms with Crippen LogP contribution in [0.1, 0.15) is 5.56 Å². The van der Waals surface area contributed by atoms with E-state index >= 15 is 0 Å². The molecule has 186 valence electrons. The fourth-order valence-electron chi connectivity index (χ4n) is 2.23. The highest BCUT2D eigenvalue weighted by Gasteiger charge is 2.45. The first-order valence-electron chi connectivity index (χ1n) is 8.45. The van der Waals surface area contributed by atoms with Gasteiger partial charge in [-0.15, -0.1) is 0 Å². The maximum atomic E-state index is 12.4. The average Bonchev–Trinajstić information content (AvgIpc) is 2.68. The topological polar surface area (TPSA) is 102 Å². The molecule has 1 amide bonds. The standard InChI is InChI=1S/C17H14F9NO6/c18-15(19,20)11(29)27-10-3-1-9(2-4-10)5-14(6-28,7-32-12(30)16(21,22)23)8-33-13(31)17(24,25)26/h1-4,28H,5-8H2,(H,27,29). The first-order valence-corrected chi connectivity index (χ1v) is 8.45. The maximum absolute atomic E-state index is 12.4. The predicted molar refractivity (Wildman–Crippen MR) is 88.4 cm³/mol. The molecule has 0 radical (unpaired) electrons. The van der Waals surface area contributed by atoms with Gasteiger partial charge in [0.15, 0.2) is 0 Å². The first kappa shape index (κ1) is 28.0. The highest BCUT2D eigenvalue weighted by atomic mass is 19.4. The minimum atomic E-state index is -5.47. The van der Waals surface area contributed by atoms with Gasteiger partial charge >= 0.3 is 36.4 Å². The summed E-state index contributed by atoms with van der Waals surface area (Å²) >= 11 is 0. The summed E-state index contributed by atoms with van der Waals surface area (Å²) in [7, 11) is 0. The fourth-order valence-corrected chi connectivity index (χ4v) is 2.23. The lowest BCUT2D eigenvalue weighted by Crippen LogP contribution is -2.42. The third kappa shape index (κ3) is 8.78. The van der Waals surface area contributed by atoms with Gasteiger partial charge in [0.2, 0.25) is 0 Å². The normalized spacial score (nSPS) is 12.8. The summed E-state index contributed by atoms with van der Waals surface area (Å²) in [6.07, 6.45) is -16.8. The molecule has 16 heteroatoms. The number of hydrogen-bond donors (Lipinski definition) is 2. The van der Waals surface area contributed by atoms with Crippen molar-refractivity contribution in [3.8, 4) is 0 Å². The van der Waals surface area contributed by atoms with Gasteiger partial charge in [0.05, 0.1) is 12.0 Å². The van der Waals surface area contributed by atoms with Crippen molar-refractivity contribution in [1.82, 2.24) is 0 Å². The Morgan fingerprint density at radius 1 is 0.758 bits per heavy atom. The number of benzene rings is 1. The van der Waals surface area contributed by atoms with Crippen LogP contribution in [0.3, 0.4) is 0 Å². The highest BCUT2D eigenvalue weighted by molar-refractivity contribution is 5.94. The second-order valence-electron chi connectivity index (χ2n) is 6.63. The molecular weight excluding hydrogens is 485 g/mol. The van der Waals surface area contributed by atoms with Gasteiger partial charge in [-0.3, -0.25) is 4.79 Å². The van der Waals surface area contributed by atoms with Crippen LogP contribution in [0, 0.1) is 5.41 Å². The predicted octanol–water partition coefficient (Wildman–Crippen LogP) is 2.92. The second-order valence-corrected chi connectivity index (χ2v) is 6.63. The third-order valence-electron chi connectivity index (χ3n) is 3.87. The molecule has 1 aromatic carbocycles. The quantitative estimate of drug-likeness (QED) is 0.422. The summed E-state index contributed by atoms with van der Waals surface area (Å²) in [4.78, 5) is 32.8. The summed E-state index contributed by atoms with van der Waals surface area (Å²) in [5.41, 5.74) is -2.54. The van der Waals surface area contributed by atoms with Crippen LogP contribution < -0.4 is 5.32 Å². The van der Waals surface area contributed by atoms with E-state index in [1.807, 2.05) is 0 Å². The molecule has 7 nitrogen and oxygen atoms in total. The van der Waals surface area contributed by atoms with Crippen molar-refractivity contribution < 1.29 is 68.5 Å². The zero-order valence-electron chi connectivity index (χ0n) is 16.0. The number of alkyl halides is 9. The first-order chi connectivity index (χ1) is 14.9. The number of carbonyl (C=O) groups excluding carboxylic acids is 3. The van der Waals surface area contributed by atoms with Crippen LogP contribution in [0.5, 0.6) is 0 Å². The van der Waals surface area contributed by atoms with Crippen molar-refractivity contribution in [3.63, 3.8) is 0 Å². The van der Waals surface area contributed by atoms with E-state index in [0.717, 1.165) is 24.3 Å². The number of amides is 1. The summed E-state index contributed by atoms with van der Waals surface area (Å²) in [6, 6.07) is 3.89. The molecule has 0 fully saturated rings. The number of ether oxygens (including phenoxy) is 2. The van der Waals surface area contributed by atoms with E-state index in [2.05, 4.69) is 9.47 Å². The Bertz CT molecular complexity index is 817. The van der Waals surface area contributed by atoms with Crippen LogP contribution in [-0.4, -0.2) is 61.3 Å². The van der Waals surface area contributed by atoms with Gasteiger partial charge < -0.3 is 19.9 Å². The summed E-state index contributed by atoms with van der Waals surface area (Å²) in [6.45, 7) is -3.89. The molecule has 0 aromatic heterocycles. The van der Waals surface area contributed by atoms with Crippen LogP contribution in [0.15, 0.2) is 24.3 Å². The molecule has 0 bridgehead atoms. The Labute approximate surface area is 178 Å². The Kier molecular flexibility index (Phi) is 8.71. The zero-order chi connectivity index (χ0) is 25.7. The Morgan fingerprint density at radius 3 is 1.52 bits per heavy atom. The van der Waals surface area contributed by atoms with Crippen LogP contribution in [-0.2, 0) is 30.3 Å². The van der Waals surface area contributed by atoms with E-state index < -0.39 is 68.0 Å². The molecule has 0 unspecified atom stereocenters. The number of anilines is 1. The molecule has 1 rings (SSSR count). The maximum Gasteiger partial charge on any atom is 0.490 e. The van der Waals surface area contributed by atoms with Gasteiger partial charge in [-0.25, -0.2) is 9.59 Å². The number of aliphatic hydroxyl groups is 1. The Morgan fingerprint density at radius 2 is 1.18 bits per heavy atom. The molecule has 0 aliphatic carbocycles. The molecule has 33 heavy (non-hydrogen) atoms. The largest absolute Gasteiger partial charge is 0.490 e. The molecule has 0 heterocycles. The van der Waals surface area contributed by atoms with Crippen LogP contribution in [0.25, 0.3) is 0 Å². The van der Waals surface area contributed by atoms with Crippen molar-refractivity contribution in [1.29, 1.82) is 0 Å². The molecule has 0 aliphatic rings. The van der Waals surface area contributed by atoms with E-state index in [-0.39, 0.29) is 11.3 Å². The number of nitrogens with one attached hydrogen (secondary N) is 1. The van der Waals surface area contributed by atoms with Gasteiger partial charge in [0.1, 0.15) is 13.2 Å². The van der Waals surface area contributed by atoms with E-state index in [4.69, 9.17) is 0 Å². The van der Waals surface area contributed by atoms with Gasteiger partial charge in [-0.1, -0.05) is 12.1 Å². The lowest BCUT2D eigenvalue weighted by molar-refractivity contribution is -0.210. The van der Waals surface area contributed by atoms with Crippen LogP contribution in [0.2, 0.25) is 0 Å². The summed E-state index contributed by atoms with van der Waals surface area (Å²) in [5, 5.41) is 11.1. The van der Waals surface area contributed by atoms with E-state index in [1.54, 1.807) is 0 Å². The van der Waals surface area contributed by atoms with Gasteiger partial charge in [-0.2, -0.15) is 39.5 Å². The molecular formula is C17H14F9NO6. The van der Waals surface area contributed by atoms with Crippen molar-refractivity contribution in [2.24, 2.45) is 5.41 Å². The molecule has 0 atom stereocenters. The number of hydrogen-bond acceptors (Lipinski definition) is 6. The van der Waals surface area contributed by atoms with Gasteiger partial charge in [0, 0.05) is 5.69 Å². The lowest BCUT2D eigenvalue weighted by Gasteiger charge is -2.31. The number of carbonyl (C=O) groups is 3. The van der Waals surface area contributed by atoms with Crippen molar-refractivity contribution in [2.45, 2.75) is 24.9 Å². The number of esters is 2. The highest BCUT2D eigenvalue weighted by Crippen LogP contribution is 2.29. The monoisotopic (exact) mass is 499 g/mol. The summed E-state index contributed by atoms with van der Waals surface area (Å²) < 4.78 is 119. The lowest BCUT2D eigenvalue weighted by atomic mass is 9.83. The molecule has 0 aliphatic heterocycles. The van der Waals surface area contributed by atoms with Gasteiger partial charge in [-0.05, 0) is 24.1 Å². The Hall–Kier alpha value is -3.04. The van der Waals surface area contributed by atoms with Crippen molar-refractivity contribution >= 4 is 23.5 Å². The number of aliphatic hydroxyl groups excluding tert-OH is 1. The van der Waals surface area contributed by atoms with Crippen molar-refractivity contribution in [3.05, 3.63) is 29.8 Å². The Balaban J connectivity index is 3.07.